The summed E-state index contributed by atoms with van der Waals surface area (Å²) in [5.41, 5.74) is 2.80. The van der Waals surface area contributed by atoms with Crippen molar-refractivity contribution in [3.8, 4) is 5.75 Å². The fourth-order valence-electron chi connectivity index (χ4n) is 3.81. The van der Waals surface area contributed by atoms with Crippen LogP contribution in [-0.2, 0) is 6.42 Å². The van der Waals surface area contributed by atoms with Crippen molar-refractivity contribution in [1.82, 2.24) is 5.32 Å². The molecule has 0 fully saturated rings. The Morgan fingerprint density at radius 2 is 1.81 bits per heavy atom. The first-order chi connectivity index (χ1) is 12.8. The Morgan fingerprint density at radius 1 is 1.00 bits per heavy atom. The van der Waals surface area contributed by atoms with Gasteiger partial charge in [-0.1, -0.05) is 60.7 Å². The summed E-state index contributed by atoms with van der Waals surface area (Å²) in [6, 6.07) is 23.1. The van der Waals surface area contributed by atoms with Crippen LogP contribution in [0.3, 0.4) is 0 Å². The Bertz CT molecular complexity index is 871. The molecule has 3 aromatic rings. The molecule has 26 heavy (non-hydrogen) atoms. The average Bonchev–Trinajstić information content (AvgIpc) is 2.70. The van der Waals surface area contributed by atoms with Gasteiger partial charge in [0.15, 0.2) is 0 Å². The molecule has 0 amide bonds. The van der Waals surface area contributed by atoms with Crippen LogP contribution in [-0.4, -0.2) is 24.4 Å². The molecule has 2 N–H and O–H groups in total. The smallest absolute Gasteiger partial charge is 0.127 e. The number of fused-ring (bicyclic) bond motifs is 2. The Labute approximate surface area is 154 Å². The normalized spacial score (nSPS) is 17.7. The lowest BCUT2D eigenvalue weighted by atomic mass is 9.88. The summed E-state index contributed by atoms with van der Waals surface area (Å²) in [6.45, 7) is 0.819. The molecule has 0 saturated carbocycles. The third-order valence-electron chi connectivity index (χ3n) is 5.15. The zero-order chi connectivity index (χ0) is 17.8. The van der Waals surface area contributed by atoms with Crippen LogP contribution in [0.1, 0.15) is 30.0 Å². The van der Waals surface area contributed by atoms with E-state index in [1.165, 1.54) is 17.5 Å². The molecule has 0 bridgehead atoms. The highest BCUT2D eigenvalue weighted by Gasteiger charge is 2.20. The molecule has 0 saturated heterocycles. The monoisotopic (exact) mass is 347 g/mol. The summed E-state index contributed by atoms with van der Waals surface area (Å²) < 4.78 is 5.90. The van der Waals surface area contributed by atoms with Crippen molar-refractivity contribution in [3.05, 3.63) is 77.9 Å². The molecule has 0 spiro atoms. The zero-order valence-corrected chi connectivity index (χ0v) is 14.9. The Balaban J connectivity index is 1.34. The number of aryl methyl sites for hydroxylation is 1. The summed E-state index contributed by atoms with van der Waals surface area (Å²) in [5, 5.41) is 16.1. The van der Waals surface area contributed by atoms with Gasteiger partial charge in [-0.05, 0) is 41.8 Å². The van der Waals surface area contributed by atoms with Gasteiger partial charge in [0, 0.05) is 18.0 Å². The molecular weight excluding hydrogens is 322 g/mol. The molecule has 1 aliphatic carbocycles. The topological polar surface area (TPSA) is 41.5 Å². The molecular formula is C23H25NO2. The molecule has 134 valence electrons. The quantitative estimate of drug-likeness (QED) is 0.700. The molecule has 2 atom stereocenters. The first kappa shape index (κ1) is 17.1. The summed E-state index contributed by atoms with van der Waals surface area (Å²) in [7, 11) is 0. The second kappa shape index (κ2) is 7.90. The third-order valence-corrected chi connectivity index (χ3v) is 5.15. The molecule has 1 aliphatic rings. The van der Waals surface area contributed by atoms with Gasteiger partial charge in [0.05, 0.1) is 0 Å². The van der Waals surface area contributed by atoms with Crippen LogP contribution >= 0.6 is 0 Å². The average molecular weight is 347 g/mol. The molecule has 0 heterocycles. The molecule has 4 rings (SSSR count). The van der Waals surface area contributed by atoms with E-state index < -0.39 is 6.10 Å². The Hall–Kier alpha value is -2.36. The number of aliphatic hydroxyl groups is 1. The van der Waals surface area contributed by atoms with Gasteiger partial charge in [0.1, 0.15) is 18.5 Å². The highest BCUT2D eigenvalue weighted by atomic mass is 16.5. The summed E-state index contributed by atoms with van der Waals surface area (Å²) in [6.07, 6.45) is 2.93. The molecule has 3 aromatic carbocycles. The van der Waals surface area contributed by atoms with E-state index in [2.05, 4.69) is 41.7 Å². The van der Waals surface area contributed by atoms with Gasteiger partial charge in [0.2, 0.25) is 0 Å². The van der Waals surface area contributed by atoms with Crippen LogP contribution in [0.5, 0.6) is 5.75 Å². The van der Waals surface area contributed by atoms with Crippen molar-refractivity contribution < 1.29 is 9.84 Å². The van der Waals surface area contributed by atoms with Crippen molar-refractivity contribution in [2.75, 3.05) is 13.2 Å². The number of rotatable bonds is 6. The first-order valence-corrected chi connectivity index (χ1v) is 9.41. The van der Waals surface area contributed by atoms with E-state index in [9.17, 15) is 5.11 Å². The minimum Gasteiger partial charge on any atom is -0.490 e. The van der Waals surface area contributed by atoms with Crippen molar-refractivity contribution >= 4 is 10.8 Å². The second-order valence-electron chi connectivity index (χ2n) is 6.99. The summed E-state index contributed by atoms with van der Waals surface area (Å²) in [4.78, 5) is 0. The number of benzene rings is 3. The van der Waals surface area contributed by atoms with Gasteiger partial charge in [-0.3, -0.25) is 0 Å². The molecule has 0 aromatic heterocycles. The minimum atomic E-state index is -0.539. The van der Waals surface area contributed by atoms with Gasteiger partial charge < -0.3 is 15.2 Å². The number of hydrogen-bond donors (Lipinski definition) is 2. The fraction of sp³-hybridized carbons (Fsp3) is 0.304. The van der Waals surface area contributed by atoms with E-state index in [0.717, 1.165) is 29.4 Å². The SMILES string of the molecule is O[C@@H](CN[C@H]1CCCc2ccccc21)COc1cccc2ccccc12. The number of nitrogens with one attached hydrogen (secondary N) is 1. The largest absolute Gasteiger partial charge is 0.490 e. The van der Waals surface area contributed by atoms with Crippen LogP contribution in [0.15, 0.2) is 66.7 Å². The highest BCUT2D eigenvalue weighted by Crippen LogP contribution is 2.29. The van der Waals surface area contributed by atoms with E-state index in [-0.39, 0.29) is 6.61 Å². The number of aliphatic hydroxyl groups excluding tert-OH is 1. The van der Waals surface area contributed by atoms with Crippen LogP contribution in [0.2, 0.25) is 0 Å². The highest BCUT2D eigenvalue weighted by molar-refractivity contribution is 5.88. The van der Waals surface area contributed by atoms with E-state index in [0.29, 0.717) is 12.6 Å². The lowest BCUT2D eigenvalue weighted by molar-refractivity contribution is 0.103. The number of ether oxygens (including phenoxy) is 1. The van der Waals surface area contributed by atoms with Crippen LogP contribution < -0.4 is 10.1 Å². The first-order valence-electron chi connectivity index (χ1n) is 9.41. The van der Waals surface area contributed by atoms with Gasteiger partial charge in [-0.2, -0.15) is 0 Å². The van der Waals surface area contributed by atoms with Crippen LogP contribution in [0.4, 0.5) is 0 Å². The lowest BCUT2D eigenvalue weighted by Crippen LogP contribution is -2.35. The Kier molecular flexibility index (Phi) is 5.19. The molecule has 3 nitrogen and oxygen atoms in total. The van der Waals surface area contributed by atoms with Gasteiger partial charge >= 0.3 is 0 Å². The predicted molar refractivity (Wildman–Crippen MR) is 106 cm³/mol. The summed E-state index contributed by atoms with van der Waals surface area (Å²) in [5.74, 6) is 0.824. The van der Waals surface area contributed by atoms with Gasteiger partial charge in [-0.15, -0.1) is 0 Å². The predicted octanol–water partition coefficient (Wildman–Crippen LogP) is 4.25. The van der Waals surface area contributed by atoms with Crippen LogP contribution in [0, 0.1) is 0 Å². The van der Waals surface area contributed by atoms with E-state index >= 15 is 0 Å². The maximum atomic E-state index is 10.4. The lowest BCUT2D eigenvalue weighted by Gasteiger charge is -2.27. The van der Waals surface area contributed by atoms with Gasteiger partial charge in [0.25, 0.3) is 0 Å². The van der Waals surface area contributed by atoms with Crippen molar-refractivity contribution in [3.63, 3.8) is 0 Å². The maximum Gasteiger partial charge on any atom is 0.127 e. The molecule has 0 radical (unpaired) electrons. The van der Waals surface area contributed by atoms with Crippen molar-refractivity contribution in [2.24, 2.45) is 0 Å². The van der Waals surface area contributed by atoms with Crippen LogP contribution in [0.25, 0.3) is 10.8 Å². The van der Waals surface area contributed by atoms with Gasteiger partial charge in [-0.25, -0.2) is 0 Å². The van der Waals surface area contributed by atoms with E-state index in [1.54, 1.807) is 0 Å². The zero-order valence-electron chi connectivity index (χ0n) is 14.9. The molecule has 0 aliphatic heterocycles. The molecule has 3 heteroatoms. The van der Waals surface area contributed by atoms with E-state index in [4.69, 9.17) is 4.74 Å². The maximum absolute atomic E-state index is 10.4. The third kappa shape index (κ3) is 3.74. The minimum absolute atomic E-state index is 0.287. The van der Waals surface area contributed by atoms with Crippen molar-refractivity contribution in [2.45, 2.75) is 31.4 Å². The standard InChI is InChI=1S/C23H25NO2/c25-19(15-24-22-13-5-9-17-7-1-3-11-20(17)22)16-26-23-14-6-10-18-8-2-4-12-21(18)23/h1-4,6-8,10-12,14,19,22,24-25H,5,9,13,15-16H2/t19-,22-/m0/s1. The summed E-state index contributed by atoms with van der Waals surface area (Å²) >= 11 is 0. The fourth-order valence-corrected chi connectivity index (χ4v) is 3.81. The van der Waals surface area contributed by atoms with Crippen molar-refractivity contribution in [1.29, 1.82) is 0 Å². The van der Waals surface area contributed by atoms with E-state index in [1.807, 2.05) is 30.3 Å². The molecule has 0 unspecified atom stereocenters. The number of hydrogen-bond acceptors (Lipinski definition) is 3. The Morgan fingerprint density at radius 3 is 2.77 bits per heavy atom. The second-order valence-corrected chi connectivity index (χ2v) is 6.99.